The van der Waals surface area contributed by atoms with Crippen molar-refractivity contribution in [2.24, 2.45) is 12.0 Å². The van der Waals surface area contributed by atoms with Gasteiger partial charge in [0.1, 0.15) is 5.60 Å². The molecule has 162 valence electrons. The van der Waals surface area contributed by atoms with Gasteiger partial charge in [0.15, 0.2) is 5.96 Å². The quantitative estimate of drug-likeness (QED) is 0.217. The van der Waals surface area contributed by atoms with E-state index in [-0.39, 0.29) is 30.1 Å². The average molecular weight is 508 g/mol. The van der Waals surface area contributed by atoms with E-state index in [0.717, 1.165) is 30.9 Å². The summed E-state index contributed by atoms with van der Waals surface area (Å²) in [7, 11) is 3.74. The molecule has 1 amide bonds. The number of carbonyl (C=O) groups excluding carboxylic acids is 1. The number of aryl methyl sites for hydroxylation is 2. The summed E-state index contributed by atoms with van der Waals surface area (Å²) in [5.74, 6) is 0.736. The monoisotopic (exact) mass is 508 g/mol. The highest BCUT2D eigenvalue weighted by atomic mass is 127. The number of alkyl carbamates (subject to hydrolysis) is 1. The zero-order chi connectivity index (χ0) is 20.4. The summed E-state index contributed by atoms with van der Waals surface area (Å²) in [5.41, 5.74) is 3.14. The predicted octanol–water partition coefficient (Wildman–Crippen LogP) is 2.74. The smallest absolute Gasteiger partial charge is 0.407 e. The number of rotatable bonds is 8. The first kappa shape index (κ1) is 26.5. The van der Waals surface area contributed by atoms with Gasteiger partial charge in [-0.15, -0.1) is 24.0 Å². The largest absolute Gasteiger partial charge is 0.444 e. The molecule has 1 aromatic rings. The molecule has 8 nitrogen and oxygen atoms in total. The fraction of sp³-hybridized carbons (Fsp3) is 0.737. The van der Waals surface area contributed by atoms with Gasteiger partial charge in [0.05, 0.1) is 5.69 Å². The van der Waals surface area contributed by atoms with E-state index in [1.807, 2.05) is 32.5 Å². The molecular formula is C19H37IN6O2. The first-order chi connectivity index (χ1) is 12.7. The second-order valence-corrected chi connectivity index (χ2v) is 7.34. The molecule has 0 saturated heterocycles. The van der Waals surface area contributed by atoms with Crippen LogP contribution >= 0.6 is 24.0 Å². The van der Waals surface area contributed by atoms with E-state index < -0.39 is 5.60 Å². The Labute approximate surface area is 186 Å². The first-order valence-corrected chi connectivity index (χ1v) is 9.66. The minimum Gasteiger partial charge on any atom is -0.444 e. The maximum absolute atomic E-state index is 11.6. The van der Waals surface area contributed by atoms with E-state index >= 15 is 0 Å². The molecule has 0 spiro atoms. The third-order valence-corrected chi connectivity index (χ3v) is 4.00. The summed E-state index contributed by atoms with van der Waals surface area (Å²) in [4.78, 5) is 15.9. The zero-order valence-corrected chi connectivity index (χ0v) is 20.6. The Morgan fingerprint density at radius 1 is 1.14 bits per heavy atom. The number of hydrogen-bond acceptors (Lipinski definition) is 4. The standard InChI is InChI=1S/C19H36N6O2.HI/c1-8-15-14(16(9-2)25(7)24-15)13-23-17(20-6)21-11-10-12-22-18(26)27-19(3,4)5;/h8-13H2,1-7H3,(H,22,26)(H2,20,21,23);1H. The van der Waals surface area contributed by atoms with Crippen LogP contribution in [0.5, 0.6) is 0 Å². The molecular weight excluding hydrogens is 471 g/mol. The summed E-state index contributed by atoms with van der Waals surface area (Å²) in [6, 6.07) is 0. The fourth-order valence-corrected chi connectivity index (χ4v) is 2.79. The summed E-state index contributed by atoms with van der Waals surface area (Å²) in [6.07, 6.45) is 2.24. The van der Waals surface area contributed by atoms with Crippen LogP contribution in [-0.4, -0.2) is 47.6 Å². The normalized spacial score (nSPS) is 11.6. The third kappa shape index (κ3) is 9.11. The summed E-state index contributed by atoms with van der Waals surface area (Å²) in [6.45, 7) is 11.7. The maximum Gasteiger partial charge on any atom is 0.407 e. The number of guanidine groups is 1. The minimum atomic E-state index is -0.477. The van der Waals surface area contributed by atoms with Crippen molar-refractivity contribution in [3.05, 3.63) is 17.0 Å². The van der Waals surface area contributed by atoms with Gasteiger partial charge in [-0.2, -0.15) is 5.10 Å². The minimum absolute atomic E-state index is 0. The van der Waals surface area contributed by atoms with Gasteiger partial charge in [-0.25, -0.2) is 4.79 Å². The Kier molecular flexibility index (Phi) is 12.1. The van der Waals surface area contributed by atoms with E-state index in [4.69, 9.17) is 4.74 Å². The molecule has 28 heavy (non-hydrogen) atoms. The number of ether oxygens (including phenoxy) is 1. The molecule has 0 saturated carbocycles. The summed E-state index contributed by atoms with van der Waals surface area (Å²) >= 11 is 0. The van der Waals surface area contributed by atoms with Crippen LogP contribution in [0.2, 0.25) is 0 Å². The van der Waals surface area contributed by atoms with Crippen LogP contribution in [0.25, 0.3) is 0 Å². The van der Waals surface area contributed by atoms with Crippen molar-refractivity contribution in [1.29, 1.82) is 0 Å². The lowest BCUT2D eigenvalue weighted by Gasteiger charge is -2.19. The number of aromatic nitrogens is 2. The van der Waals surface area contributed by atoms with Gasteiger partial charge >= 0.3 is 6.09 Å². The zero-order valence-electron chi connectivity index (χ0n) is 18.3. The number of amides is 1. The highest BCUT2D eigenvalue weighted by molar-refractivity contribution is 14.0. The van der Waals surface area contributed by atoms with Crippen molar-refractivity contribution < 1.29 is 9.53 Å². The van der Waals surface area contributed by atoms with Crippen LogP contribution < -0.4 is 16.0 Å². The molecule has 0 aliphatic rings. The molecule has 0 atom stereocenters. The highest BCUT2D eigenvalue weighted by Crippen LogP contribution is 2.15. The lowest BCUT2D eigenvalue weighted by Crippen LogP contribution is -2.39. The van der Waals surface area contributed by atoms with Crippen molar-refractivity contribution in [2.75, 3.05) is 20.1 Å². The Balaban J connectivity index is 0.00000729. The van der Waals surface area contributed by atoms with Gasteiger partial charge < -0.3 is 20.7 Å². The van der Waals surface area contributed by atoms with Crippen LogP contribution in [0.4, 0.5) is 4.79 Å². The van der Waals surface area contributed by atoms with Crippen molar-refractivity contribution >= 4 is 36.0 Å². The van der Waals surface area contributed by atoms with Gasteiger partial charge in [0.25, 0.3) is 0 Å². The SMILES string of the molecule is CCc1nn(C)c(CC)c1CNC(=NC)NCCCNC(=O)OC(C)(C)C.I. The van der Waals surface area contributed by atoms with E-state index in [0.29, 0.717) is 19.6 Å². The molecule has 0 bridgehead atoms. The molecule has 0 aliphatic heterocycles. The Bertz CT molecular complexity index is 637. The highest BCUT2D eigenvalue weighted by Gasteiger charge is 2.15. The summed E-state index contributed by atoms with van der Waals surface area (Å²) < 4.78 is 7.17. The third-order valence-electron chi connectivity index (χ3n) is 4.00. The Morgan fingerprint density at radius 2 is 1.79 bits per heavy atom. The van der Waals surface area contributed by atoms with Crippen molar-refractivity contribution in [2.45, 2.75) is 66.0 Å². The van der Waals surface area contributed by atoms with E-state index in [1.165, 1.54) is 11.3 Å². The molecule has 0 fully saturated rings. The summed E-state index contributed by atoms with van der Waals surface area (Å²) in [5, 5.41) is 14.0. The number of nitrogens with one attached hydrogen (secondary N) is 3. The van der Waals surface area contributed by atoms with Crippen LogP contribution in [-0.2, 0) is 31.2 Å². The van der Waals surface area contributed by atoms with Crippen molar-refractivity contribution in [1.82, 2.24) is 25.7 Å². The Morgan fingerprint density at radius 3 is 2.32 bits per heavy atom. The fourth-order valence-electron chi connectivity index (χ4n) is 2.79. The van der Waals surface area contributed by atoms with Crippen LogP contribution in [0, 0.1) is 0 Å². The topological polar surface area (TPSA) is 92.6 Å². The van der Waals surface area contributed by atoms with Gasteiger partial charge in [-0.1, -0.05) is 13.8 Å². The van der Waals surface area contributed by atoms with Gasteiger partial charge in [0.2, 0.25) is 0 Å². The van der Waals surface area contributed by atoms with E-state index in [1.54, 1.807) is 7.05 Å². The lowest BCUT2D eigenvalue weighted by molar-refractivity contribution is 0.0527. The molecule has 1 rings (SSSR count). The van der Waals surface area contributed by atoms with Gasteiger partial charge in [-0.3, -0.25) is 9.67 Å². The van der Waals surface area contributed by atoms with Crippen molar-refractivity contribution in [3.8, 4) is 0 Å². The first-order valence-electron chi connectivity index (χ1n) is 9.66. The van der Waals surface area contributed by atoms with Crippen molar-refractivity contribution in [3.63, 3.8) is 0 Å². The average Bonchev–Trinajstić information content (AvgIpc) is 2.90. The maximum atomic E-state index is 11.6. The van der Waals surface area contributed by atoms with Crippen LogP contribution in [0.15, 0.2) is 4.99 Å². The second kappa shape index (κ2) is 12.8. The lowest BCUT2D eigenvalue weighted by atomic mass is 10.1. The Hall–Kier alpha value is -1.52. The molecule has 0 aliphatic carbocycles. The number of halogens is 1. The van der Waals surface area contributed by atoms with Gasteiger partial charge in [0, 0.05) is 45.0 Å². The molecule has 9 heteroatoms. The van der Waals surface area contributed by atoms with Crippen LogP contribution in [0.3, 0.4) is 0 Å². The molecule has 0 unspecified atom stereocenters. The molecule has 0 aromatic carbocycles. The van der Waals surface area contributed by atoms with Crippen LogP contribution in [0.1, 0.15) is 58.0 Å². The number of nitrogens with zero attached hydrogens (tertiary/aromatic N) is 3. The second-order valence-electron chi connectivity index (χ2n) is 7.34. The van der Waals surface area contributed by atoms with E-state index in [2.05, 4.69) is 39.9 Å². The van der Waals surface area contributed by atoms with Gasteiger partial charge in [-0.05, 0) is 40.0 Å². The number of carbonyl (C=O) groups is 1. The van der Waals surface area contributed by atoms with E-state index in [9.17, 15) is 4.79 Å². The predicted molar refractivity (Wildman–Crippen MR) is 124 cm³/mol. The number of hydrogen-bond donors (Lipinski definition) is 3. The molecule has 0 radical (unpaired) electrons. The molecule has 1 aromatic heterocycles. The number of aliphatic imine (C=N–C) groups is 1. The molecule has 1 heterocycles. The molecule has 3 N–H and O–H groups in total.